The maximum Gasteiger partial charge on any atom is 0.372 e. The molecule has 8 nitrogen and oxygen atoms in total. The van der Waals surface area contributed by atoms with Crippen LogP contribution in [0.5, 0.6) is 0 Å². The van der Waals surface area contributed by atoms with Crippen LogP contribution >= 0.6 is 0 Å². The molecule has 2 rings (SSSR count). The van der Waals surface area contributed by atoms with Crippen molar-refractivity contribution in [3.63, 3.8) is 0 Å². The van der Waals surface area contributed by atoms with Crippen molar-refractivity contribution in [1.29, 1.82) is 0 Å². The number of carbonyl (C=O) groups is 2. The number of nitrogens with zero attached hydrogens (tertiary/aromatic N) is 5. The Morgan fingerprint density at radius 2 is 1.87 bits per heavy atom. The van der Waals surface area contributed by atoms with E-state index in [0.29, 0.717) is 16.8 Å². The topological polar surface area (TPSA) is 90.1 Å². The summed E-state index contributed by atoms with van der Waals surface area (Å²) in [5, 5.41) is 7.19. The van der Waals surface area contributed by atoms with Crippen LogP contribution in [0.1, 0.15) is 27.2 Å². The summed E-state index contributed by atoms with van der Waals surface area (Å²) in [6, 6.07) is 8.32. The first-order valence-corrected chi connectivity index (χ1v) is 7.36. The summed E-state index contributed by atoms with van der Waals surface area (Å²) in [5.74, 6) is -0.242. The molecule has 0 saturated carbocycles. The molecule has 0 fully saturated rings. The zero-order chi connectivity index (χ0) is 17.0. The average molecular weight is 317 g/mol. The number of para-hydroxylation sites is 1. The zero-order valence-corrected chi connectivity index (χ0v) is 13.3. The van der Waals surface area contributed by atoms with E-state index < -0.39 is 11.7 Å². The van der Waals surface area contributed by atoms with Crippen molar-refractivity contribution in [3.8, 4) is 0 Å². The number of benzene rings is 1. The molecule has 1 unspecified atom stereocenters. The Morgan fingerprint density at radius 1 is 1.22 bits per heavy atom. The van der Waals surface area contributed by atoms with Crippen molar-refractivity contribution in [2.45, 2.75) is 39.8 Å². The highest BCUT2D eigenvalue weighted by Gasteiger charge is 2.26. The molecule has 1 atom stereocenters. The molecule has 0 N–H and O–H groups in total. The van der Waals surface area contributed by atoms with E-state index in [1.165, 1.54) is 11.8 Å². The monoisotopic (exact) mass is 317 g/mol. The molecule has 1 heterocycles. The Hall–Kier alpha value is -2.77. The van der Waals surface area contributed by atoms with Crippen molar-refractivity contribution >= 4 is 17.5 Å². The molecule has 0 aliphatic heterocycles. The molecule has 0 bridgehead atoms. The Kier molecular flexibility index (Phi) is 5.05. The number of rotatable bonds is 5. The molecular weight excluding hydrogens is 298 g/mol. The normalized spacial score (nSPS) is 12.0. The van der Waals surface area contributed by atoms with Gasteiger partial charge in [0, 0.05) is 11.7 Å². The number of hydrogen-bond donors (Lipinski definition) is 0. The van der Waals surface area contributed by atoms with Crippen LogP contribution in [0.25, 0.3) is 0 Å². The highest BCUT2D eigenvalue weighted by atomic mass is 16.2. The smallest absolute Gasteiger partial charge is 0.298 e. The van der Waals surface area contributed by atoms with Crippen LogP contribution < -0.4 is 10.6 Å². The molecule has 0 saturated heterocycles. The lowest BCUT2D eigenvalue weighted by molar-refractivity contribution is -0.117. The first kappa shape index (κ1) is 16.6. The Morgan fingerprint density at radius 3 is 2.43 bits per heavy atom. The van der Waals surface area contributed by atoms with Crippen LogP contribution in [0.15, 0.2) is 35.1 Å². The average Bonchev–Trinajstić information content (AvgIpc) is 2.88. The Balaban J connectivity index is 2.41. The Labute approximate surface area is 133 Å². The summed E-state index contributed by atoms with van der Waals surface area (Å²) < 4.78 is 1.56. The number of carbonyl (C=O) groups excluding carboxylic acids is 2. The molecule has 0 spiro atoms. The van der Waals surface area contributed by atoms with Crippen LogP contribution in [0.4, 0.5) is 10.5 Å². The fraction of sp³-hybridized carbons (Fsp3) is 0.400. The number of ketones is 1. The van der Waals surface area contributed by atoms with E-state index in [2.05, 4.69) is 10.4 Å². The van der Waals surface area contributed by atoms with Gasteiger partial charge in [-0.2, -0.15) is 4.68 Å². The van der Waals surface area contributed by atoms with E-state index in [1.807, 2.05) is 32.0 Å². The van der Waals surface area contributed by atoms with E-state index in [0.717, 1.165) is 4.68 Å². The van der Waals surface area contributed by atoms with Gasteiger partial charge in [-0.15, -0.1) is 4.68 Å². The van der Waals surface area contributed by atoms with Gasteiger partial charge in [-0.05, 0) is 42.8 Å². The highest BCUT2D eigenvalue weighted by Crippen LogP contribution is 2.18. The number of tetrazole rings is 1. The minimum atomic E-state index is -0.727. The van der Waals surface area contributed by atoms with Gasteiger partial charge in [0.1, 0.15) is 6.54 Å². The summed E-state index contributed by atoms with van der Waals surface area (Å²) in [6.45, 7) is 4.96. The van der Waals surface area contributed by atoms with E-state index in [9.17, 15) is 14.4 Å². The molecular formula is C15H19N5O3. The fourth-order valence-electron chi connectivity index (χ4n) is 2.13. The quantitative estimate of drug-likeness (QED) is 0.775. The van der Waals surface area contributed by atoms with Gasteiger partial charge in [0.25, 0.3) is 0 Å². The van der Waals surface area contributed by atoms with E-state index in [1.54, 1.807) is 12.1 Å². The molecule has 1 amide bonds. The third-order valence-electron chi connectivity index (χ3n) is 3.47. The molecule has 0 radical (unpaired) electrons. The molecule has 23 heavy (non-hydrogen) atoms. The molecule has 2 aromatic rings. The number of amides is 1. The minimum absolute atomic E-state index is 0.130. The summed E-state index contributed by atoms with van der Waals surface area (Å²) in [5.41, 5.74) is -0.0608. The second kappa shape index (κ2) is 6.99. The Bertz CT molecular complexity index is 750. The van der Waals surface area contributed by atoms with Crippen molar-refractivity contribution in [1.82, 2.24) is 19.8 Å². The van der Waals surface area contributed by atoms with Gasteiger partial charge in [-0.1, -0.05) is 25.1 Å². The second-order valence-electron chi connectivity index (χ2n) is 5.28. The lowest BCUT2D eigenvalue weighted by Crippen LogP contribution is -2.45. The number of hydrogen-bond acceptors (Lipinski definition) is 5. The summed E-state index contributed by atoms with van der Waals surface area (Å²) in [6.07, 6.45) is 0.705. The third-order valence-corrected chi connectivity index (χ3v) is 3.47. The molecule has 1 aromatic heterocycles. The zero-order valence-electron chi connectivity index (χ0n) is 13.3. The molecule has 0 aliphatic rings. The second-order valence-corrected chi connectivity index (χ2v) is 5.28. The fourth-order valence-corrected chi connectivity index (χ4v) is 2.13. The van der Waals surface area contributed by atoms with Gasteiger partial charge in [-0.3, -0.25) is 9.69 Å². The van der Waals surface area contributed by atoms with Crippen molar-refractivity contribution in [2.24, 2.45) is 0 Å². The van der Waals surface area contributed by atoms with Gasteiger partial charge in [-0.25, -0.2) is 9.59 Å². The van der Waals surface area contributed by atoms with Crippen LogP contribution in [0, 0.1) is 0 Å². The minimum Gasteiger partial charge on any atom is -0.298 e. The first-order chi connectivity index (χ1) is 11.0. The van der Waals surface area contributed by atoms with Crippen molar-refractivity contribution in [3.05, 3.63) is 40.8 Å². The van der Waals surface area contributed by atoms with Gasteiger partial charge in [0.2, 0.25) is 0 Å². The highest BCUT2D eigenvalue weighted by molar-refractivity contribution is 5.93. The standard InChI is InChI=1S/C15H19N5O3/c1-4-11(2)19(13-8-6-5-7-9-13)15(23)20-14(22)18(16-17-20)10-12(3)21/h5-9,11H,4,10H2,1-3H3. The predicted octanol–water partition coefficient (Wildman–Crippen LogP) is 1.30. The van der Waals surface area contributed by atoms with E-state index in [4.69, 9.17) is 0 Å². The summed E-state index contributed by atoms with van der Waals surface area (Å²) in [4.78, 5) is 37.6. The number of Topliss-reactive ketones (excluding diaryl/α,β-unsaturated/α-hetero) is 1. The van der Waals surface area contributed by atoms with Crippen LogP contribution in [0.2, 0.25) is 0 Å². The van der Waals surface area contributed by atoms with Gasteiger partial charge in [0.15, 0.2) is 5.78 Å². The summed E-state index contributed by atoms with van der Waals surface area (Å²) in [7, 11) is 0. The molecule has 8 heteroatoms. The lowest BCUT2D eigenvalue weighted by Gasteiger charge is -2.27. The largest absolute Gasteiger partial charge is 0.372 e. The summed E-state index contributed by atoms with van der Waals surface area (Å²) >= 11 is 0. The third kappa shape index (κ3) is 3.53. The molecule has 0 aliphatic carbocycles. The van der Waals surface area contributed by atoms with E-state index >= 15 is 0 Å². The van der Waals surface area contributed by atoms with Crippen LogP contribution in [0.3, 0.4) is 0 Å². The molecule has 122 valence electrons. The van der Waals surface area contributed by atoms with Gasteiger partial charge >= 0.3 is 11.7 Å². The number of anilines is 1. The van der Waals surface area contributed by atoms with Gasteiger partial charge in [0.05, 0.1) is 0 Å². The molecule has 1 aromatic carbocycles. The predicted molar refractivity (Wildman–Crippen MR) is 84.4 cm³/mol. The maximum atomic E-state index is 12.8. The lowest BCUT2D eigenvalue weighted by atomic mass is 10.2. The van der Waals surface area contributed by atoms with Crippen molar-refractivity contribution < 1.29 is 9.59 Å². The maximum absolute atomic E-state index is 12.8. The van der Waals surface area contributed by atoms with Crippen LogP contribution in [-0.4, -0.2) is 37.6 Å². The SMILES string of the molecule is CCC(C)N(C(=O)n1nnn(CC(C)=O)c1=O)c1ccccc1. The van der Waals surface area contributed by atoms with Crippen molar-refractivity contribution in [2.75, 3.05) is 4.90 Å². The first-order valence-electron chi connectivity index (χ1n) is 7.36. The van der Waals surface area contributed by atoms with Gasteiger partial charge < -0.3 is 0 Å². The van der Waals surface area contributed by atoms with E-state index in [-0.39, 0.29) is 18.4 Å². The van der Waals surface area contributed by atoms with Crippen LogP contribution in [-0.2, 0) is 11.3 Å². The number of aromatic nitrogens is 4.